The van der Waals surface area contributed by atoms with Crippen LogP contribution in [0, 0.1) is 11.3 Å². The Morgan fingerprint density at radius 2 is 2.12 bits per heavy atom. The van der Waals surface area contributed by atoms with Crippen molar-refractivity contribution in [2.75, 3.05) is 0 Å². The van der Waals surface area contributed by atoms with Gasteiger partial charge in [0.15, 0.2) is 0 Å². The van der Waals surface area contributed by atoms with Gasteiger partial charge in [-0.3, -0.25) is 4.79 Å². The number of benzene rings is 1. The molecule has 1 amide bonds. The van der Waals surface area contributed by atoms with E-state index in [4.69, 9.17) is 5.26 Å². The fourth-order valence-corrected chi connectivity index (χ4v) is 1.33. The van der Waals surface area contributed by atoms with Gasteiger partial charge in [-0.1, -0.05) is 12.1 Å². The highest BCUT2D eigenvalue weighted by atomic mass is 16.1. The maximum absolute atomic E-state index is 11.8. The van der Waals surface area contributed by atoms with E-state index < -0.39 is 0 Å². The fraction of sp³-hybridized carbons (Fsp3) is 0.385. The van der Waals surface area contributed by atoms with Gasteiger partial charge in [0, 0.05) is 11.1 Å². The number of nitriles is 1. The highest BCUT2D eigenvalue weighted by Gasteiger charge is 2.15. The molecule has 0 radical (unpaired) electrons. The predicted octanol–water partition coefficient (Wildman–Crippen LogP) is 2.28. The lowest BCUT2D eigenvalue weighted by Gasteiger charge is -2.20. The van der Waals surface area contributed by atoms with Crippen LogP contribution in [0.2, 0.25) is 0 Å². The zero-order valence-electron chi connectivity index (χ0n) is 9.87. The minimum atomic E-state index is -0.248. The summed E-state index contributed by atoms with van der Waals surface area (Å²) < 4.78 is 0. The van der Waals surface area contributed by atoms with Gasteiger partial charge in [0.05, 0.1) is 12.5 Å². The number of nitrogens with zero attached hydrogens (tertiary/aromatic N) is 1. The first-order valence-corrected chi connectivity index (χ1v) is 5.21. The third-order valence-corrected chi connectivity index (χ3v) is 1.96. The molecule has 1 N–H and O–H groups in total. The molecule has 0 aromatic heterocycles. The smallest absolute Gasteiger partial charge is 0.251 e. The molecule has 16 heavy (non-hydrogen) atoms. The van der Waals surface area contributed by atoms with Gasteiger partial charge >= 0.3 is 0 Å². The Morgan fingerprint density at radius 3 is 2.69 bits per heavy atom. The maximum Gasteiger partial charge on any atom is 0.251 e. The monoisotopic (exact) mass is 216 g/mol. The summed E-state index contributed by atoms with van der Waals surface area (Å²) in [4.78, 5) is 11.8. The zero-order valence-corrected chi connectivity index (χ0v) is 9.87. The van der Waals surface area contributed by atoms with Crippen molar-refractivity contribution in [2.24, 2.45) is 0 Å². The van der Waals surface area contributed by atoms with E-state index in [0.717, 1.165) is 5.56 Å². The summed E-state index contributed by atoms with van der Waals surface area (Å²) in [5.74, 6) is -0.104. The Hall–Kier alpha value is -1.82. The van der Waals surface area contributed by atoms with E-state index in [1.165, 1.54) is 0 Å². The van der Waals surface area contributed by atoms with E-state index in [2.05, 4.69) is 11.4 Å². The molecule has 0 aliphatic carbocycles. The van der Waals surface area contributed by atoms with E-state index >= 15 is 0 Å². The van der Waals surface area contributed by atoms with Crippen molar-refractivity contribution in [1.29, 1.82) is 5.26 Å². The van der Waals surface area contributed by atoms with Crippen LogP contribution in [-0.4, -0.2) is 11.4 Å². The number of amides is 1. The van der Waals surface area contributed by atoms with Gasteiger partial charge in [0.25, 0.3) is 5.91 Å². The quantitative estimate of drug-likeness (QED) is 0.824. The van der Waals surface area contributed by atoms with Crippen LogP contribution in [0.4, 0.5) is 0 Å². The first kappa shape index (κ1) is 12.3. The minimum Gasteiger partial charge on any atom is -0.347 e. The molecule has 84 valence electrons. The van der Waals surface area contributed by atoms with Crippen LogP contribution in [0.25, 0.3) is 0 Å². The minimum absolute atomic E-state index is 0.104. The van der Waals surface area contributed by atoms with E-state index in [1.807, 2.05) is 26.8 Å². The van der Waals surface area contributed by atoms with Crippen LogP contribution < -0.4 is 5.32 Å². The summed E-state index contributed by atoms with van der Waals surface area (Å²) in [5.41, 5.74) is 1.22. The number of carbonyl (C=O) groups excluding carboxylic acids is 1. The highest BCUT2D eigenvalue weighted by molar-refractivity contribution is 5.94. The Labute approximate surface area is 96.1 Å². The summed E-state index contributed by atoms with van der Waals surface area (Å²) in [7, 11) is 0. The second-order valence-electron chi connectivity index (χ2n) is 4.74. The standard InChI is InChI=1S/C13H16N2O/c1-13(2,3)15-12(16)11-6-4-5-10(9-11)7-8-14/h4-6,9H,7H2,1-3H3,(H,15,16). The van der Waals surface area contributed by atoms with Gasteiger partial charge in [-0.25, -0.2) is 0 Å². The summed E-state index contributed by atoms with van der Waals surface area (Å²) >= 11 is 0. The lowest BCUT2D eigenvalue weighted by molar-refractivity contribution is 0.0919. The van der Waals surface area contributed by atoms with Crippen molar-refractivity contribution in [1.82, 2.24) is 5.32 Å². The Kier molecular flexibility index (Phi) is 3.68. The van der Waals surface area contributed by atoms with E-state index in [-0.39, 0.29) is 11.4 Å². The molecule has 0 unspecified atom stereocenters. The zero-order chi connectivity index (χ0) is 12.2. The molecule has 0 fully saturated rings. The molecule has 1 rings (SSSR count). The fourth-order valence-electron chi connectivity index (χ4n) is 1.33. The van der Waals surface area contributed by atoms with E-state index in [0.29, 0.717) is 12.0 Å². The second-order valence-corrected chi connectivity index (χ2v) is 4.74. The molecule has 0 spiro atoms. The van der Waals surface area contributed by atoms with Crippen LogP contribution in [0.3, 0.4) is 0 Å². The summed E-state index contributed by atoms with van der Waals surface area (Å²) in [5, 5.41) is 11.5. The molecule has 0 aliphatic rings. The summed E-state index contributed by atoms with van der Waals surface area (Å²) in [6.07, 6.45) is 0.330. The van der Waals surface area contributed by atoms with Crippen LogP contribution in [0.5, 0.6) is 0 Å². The molecule has 1 aromatic rings. The lowest BCUT2D eigenvalue weighted by atomic mass is 10.1. The molecule has 0 saturated heterocycles. The molecule has 0 saturated carbocycles. The molecule has 0 bridgehead atoms. The molecule has 3 nitrogen and oxygen atoms in total. The molecule has 0 aliphatic heterocycles. The molecular formula is C13H16N2O. The van der Waals surface area contributed by atoms with Crippen molar-refractivity contribution >= 4 is 5.91 Å². The number of hydrogen-bond acceptors (Lipinski definition) is 2. The first-order valence-electron chi connectivity index (χ1n) is 5.21. The molecule has 1 aromatic carbocycles. The number of rotatable bonds is 2. The van der Waals surface area contributed by atoms with Crippen molar-refractivity contribution in [3.63, 3.8) is 0 Å². The predicted molar refractivity (Wildman–Crippen MR) is 63.0 cm³/mol. The van der Waals surface area contributed by atoms with E-state index in [9.17, 15) is 4.79 Å². The van der Waals surface area contributed by atoms with Crippen molar-refractivity contribution in [3.05, 3.63) is 35.4 Å². The van der Waals surface area contributed by atoms with Crippen LogP contribution in [0.1, 0.15) is 36.7 Å². The molecule has 0 heterocycles. The van der Waals surface area contributed by atoms with Gasteiger partial charge in [0.2, 0.25) is 0 Å². The van der Waals surface area contributed by atoms with Gasteiger partial charge in [-0.15, -0.1) is 0 Å². The summed E-state index contributed by atoms with van der Waals surface area (Å²) in [6, 6.07) is 9.21. The first-order chi connectivity index (χ1) is 7.42. The largest absolute Gasteiger partial charge is 0.347 e. The van der Waals surface area contributed by atoms with Crippen molar-refractivity contribution < 1.29 is 4.79 Å². The topological polar surface area (TPSA) is 52.9 Å². The van der Waals surface area contributed by atoms with Crippen molar-refractivity contribution in [3.8, 4) is 6.07 Å². The number of nitrogens with one attached hydrogen (secondary N) is 1. The van der Waals surface area contributed by atoms with Gasteiger partial charge < -0.3 is 5.32 Å². The van der Waals surface area contributed by atoms with Crippen LogP contribution in [-0.2, 0) is 6.42 Å². The average molecular weight is 216 g/mol. The van der Waals surface area contributed by atoms with Crippen LogP contribution >= 0.6 is 0 Å². The van der Waals surface area contributed by atoms with Gasteiger partial charge in [-0.05, 0) is 38.5 Å². The number of carbonyl (C=O) groups is 1. The van der Waals surface area contributed by atoms with Gasteiger partial charge in [0.1, 0.15) is 0 Å². The second kappa shape index (κ2) is 4.80. The maximum atomic E-state index is 11.8. The summed E-state index contributed by atoms with van der Waals surface area (Å²) in [6.45, 7) is 5.80. The third kappa shape index (κ3) is 3.74. The highest BCUT2D eigenvalue weighted by Crippen LogP contribution is 2.08. The number of hydrogen-bond donors (Lipinski definition) is 1. The SMILES string of the molecule is CC(C)(C)NC(=O)c1cccc(CC#N)c1. The van der Waals surface area contributed by atoms with Crippen molar-refractivity contribution in [2.45, 2.75) is 32.7 Å². The normalized spacial score (nSPS) is 10.6. The van der Waals surface area contributed by atoms with Gasteiger partial charge in [-0.2, -0.15) is 5.26 Å². The average Bonchev–Trinajstić information content (AvgIpc) is 2.16. The molecule has 0 atom stereocenters. The third-order valence-electron chi connectivity index (χ3n) is 1.96. The van der Waals surface area contributed by atoms with E-state index in [1.54, 1.807) is 18.2 Å². The molecule has 3 heteroatoms. The Bertz CT molecular complexity index is 424. The molecular weight excluding hydrogens is 200 g/mol. The van der Waals surface area contributed by atoms with Crippen LogP contribution in [0.15, 0.2) is 24.3 Å². The Morgan fingerprint density at radius 1 is 1.44 bits per heavy atom. The lowest BCUT2D eigenvalue weighted by Crippen LogP contribution is -2.40. The Balaban J connectivity index is 2.84.